The summed E-state index contributed by atoms with van der Waals surface area (Å²) in [6, 6.07) is 9.31. The second kappa shape index (κ2) is 5.18. The minimum Gasteiger partial charge on any atom is -0.327 e. The molecule has 0 fully saturated rings. The van der Waals surface area contributed by atoms with Gasteiger partial charge in [0.15, 0.2) is 5.82 Å². The van der Waals surface area contributed by atoms with Crippen LogP contribution in [0.25, 0.3) is 0 Å². The second-order valence-corrected chi connectivity index (χ2v) is 4.64. The van der Waals surface area contributed by atoms with Crippen molar-refractivity contribution in [3.8, 4) is 6.07 Å². The van der Waals surface area contributed by atoms with Crippen LogP contribution in [0, 0.1) is 14.9 Å². The maximum absolute atomic E-state index is 11.5. The molecule has 0 saturated carbocycles. The number of aromatic nitrogens is 2. The summed E-state index contributed by atoms with van der Waals surface area (Å²) in [5.41, 5.74) is 1.07. The van der Waals surface area contributed by atoms with Crippen LogP contribution in [0.5, 0.6) is 0 Å². The Morgan fingerprint density at radius 2 is 2.17 bits per heavy atom. The molecule has 5 nitrogen and oxygen atoms in total. The van der Waals surface area contributed by atoms with Crippen molar-refractivity contribution >= 4 is 34.1 Å². The van der Waals surface area contributed by atoms with Crippen LogP contribution in [0.1, 0.15) is 5.56 Å². The molecule has 1 aromatic carbocycles. The lowest BCUT2D eigenvalue weighted by atomic mass is 10.2. The van der Waals surface area contributed by atoms with Crippen molar-refractivity contribution in [3.05, 3.63) is 50.1 Å². The number of halogens is 1. The molecule has 0 amide bonds. The molecule has 0 atom stereocenters. The predicted octanol–water partition coefficient (Wildman–Crippen LogP) is 2.01. The molecule has 0 unspecified atom stereocenters. The highest BCUT2D eigenvalue weighted by atomic mass is 127. The number of nitriles is 1. The normalized spacial score (nSPS) is 9.83. The minimum atomic E-state index is -0.193. The topological polar surface area (TPSA) is 72.8 Å². The number of anilines is 2. The summed E-state index contributed by atoms with van der Waals surface area (Å²) in [6.07, 6.45) is 1.35. The lowest BCUT2D eigenvalue weighted by Gasteiger charge is -2.19. The van der Waals surface area contributed by atoms with Crippen LogP contribution in [0.2, 0.25) is 0 Å². The highest BCUT2D eigenvalue weighted by Crippen LogP contribution is 2.26. The van der Waals surface area contributed by atoms with Crippen molar-refractivity contribution in [1.29, 1.82) is 5.26 Å². The molecule has 0 aliphatic rings. The van der Waals surface area contributed by atoms with Crippen LogP contribution < -0.4 is 10.5 Å². The fourth-order valence-electron chi connectivity index (χ4n) is 1.58. The molecule has 0 bridgehead atoms. The second-order valence-electron chi connectivity index (χ2n) is 3.56. The predicted molar refractivity (Wildman–Crippen MR) is 76.8 cm³/mol. The first-order chi connectivity index (χ1) is 8.65. The molecule has 0 saturated heterocycles. The van der Waals surface area contributed by atoms with Gasteiger partial charge >= 0.3 is 0 Å². The van der Waals surface area contributed by atoms with Crippen LogP contribution in [0.3, 0.4) is 0 Å². The van der Waals surface area contributed by atoms with Gasteiger partial charge in [-0.2, -0.15) is 5.26 Å². The first-order valence-electron chi connectivity index (χ1n) is 5.11. The van der Waals surface area contributed by atoms with E-state index < -0.39 is 0 Å². The van der Waals surface area contributed by atoms with Crippen LogP contribution in [0.15, 0.2) is 35.4 Å². The number of nitrogens with one attached hydrogen (secondary N) is 1. The van der Waals surface area contributed by atoms with Crippen molar-refractivity contribution in [2.75, 3.05) is 11.9 Å². The van der Waals surface area contributed by atoms with Gasteiger partial charge in [0.05, 0.1) is 17.6 Å². The lowest BCUT2D eigenvalue weighted by molar-refractivity contribution is 1.03. The van der Waals surface area contributed by atoms with Gasteiger partial charge in [-0.25, -0.2) is 4.98 Å². The number of hydrogen-bond acceptors (Lipinski definition) is 4. The Labute approximate surface area is 117 Å². The van der Waals surface area contributed by atoms with E-state index in [1.54, 1.807) is 24.1 Å². The molecule has 0 radical (unpaired) electrons. The highest BCUT2D eigenvalue weighted by Gasteiger charge is 2.14. The third-order valence-electron chi connectivity index (χ3n) is 2.48. The monoisotopic (exact) mass is 352 g/mol. The molecule has 2 aromatic rings. The fourth-order valence-corrected chi connectivity index (χ4v) is 2.24. The van der Waals surface area contributed by atoms with Crippen molar-refractivity contribution in [2.24, 2.45) is 0 Å². The molecule has 1 heterocycles. The lowest BCUT2D eigenvalue weighted by Crippen LogP contribution is -2.20. The van der Waals surface area contributed by atoms with Gasteiger partial charge in [-0.1, -0.05) is 12.1 Å². The first kappa shape index (κ1) is 12.6. The number of hydrogen-bond donors (Lipinski definition) is 1. The molecule has 18 heavy (non-hydrogen) atoms. The summed E-state index contributed by atoms with van der Waals surface area (Å²) in [6.45, 7) is 0. The first-order valence-corrected chi connectivity index (χ1v) is 6.19. The van der Waals surface area contributed by atoms with Crippen molar-refractivity contribution < 1.29 is 0 Å². The van der Waals surface area contributed by atoms with E-state index >= 15 is 0 Å². The summed E-state index contributed by atoms with van der Waals surface area (Å²) >= 11 is 1.94. The average molecular weight is 352 g/mol. The van der Waals surface area contributed by atoms with Crippen molar-refractivity contribution in [1.82, 2.24) is 9.97 Å². The third kappa shape index (κ3) is 2.22. The summed E-state index contributed by atoms with van der Waals surface area (Å²) in [5, 5.41) is 9.07. The largest absolute Gasteiger partial charge is 0.327 e. The standard InChI is InChI=1S/C12H9IN4O/c1-17(9-5-3-2-4-8(9)6-14)11-10(13)12(18)16-7-15-11/h2-5,7H,1H3,(H,15,16,18). The molecule has 2 rings (SSSR count). The zero-order valence-electron chi connectivity index (χ0n) is 9.51. The van der Waals surface area contributed by atoms with Gasteiger partial charge in [-0.15, -0.1) is 0 Å². The zero-order valence-corrected chi connectivity index (χ0v) is 11.7. The number of rotatable bonds is 2. The van der Waals surface area contributed by atoms with Crippen LogP contribution >= 0.6 is 22.6 Å². The molecule has 1 aromatic heterocycles. The summed E-state index contributed by atoms with van der Waals surface area (Å²) in [5.74, 6) is 0.530. The molecule has 1 N–H and O–H groups in total. The van der Waals surface area contributed by atoms with Gasteiger partial charge < -0.3 is 9.88 Å². The molecule has 90 valence electrons. The van der Waals surface area contributed by atoms with Gasteiger partial charge in [0.2, 0.25) is 0 Å². The van der Waals surface area contributed by atoms with Gasteiger partial charge in [-0.05, 0) is 34.7 Å². The van der Waals surface area contributed by atoms with E-state index in [0.29, 0.717) is 15.0 Å². The van der Waals surface area contributed by atoms with E-state index in [1.807, 2.05) is 34.7 Å². The van der Waals surface area contributed by atoms with E-state index in [4.69, 9.17) is 5.26 Å². The molecular weight excluding hydrogens is 343 g/mol. The number of nitrogens with zero attached hydrogens (tertiary/aromatic N) is 3. The van der Waals surface area contributed by atoms with Crippen LogP contribution in [-0.2, 0) is 0 Å². The summed E-state index contributed by atoms with van der Waals surface area (Å²) < 4.78 is 0.491. The maximum Gasteiger partial charge on any atom is 0.266 e. The number of H-pyrrole nitrogens is 1. The van der Waals surface area contributed by atoms with E-state index in [2.05, 4.69) is 16.0 Å². The summed E-state index contributed by atoms with van der Waals surface area (Å²) in [4.78, 5) is 19.9. The fraction of sp³-hybridized carbons (Fsp3) is 0.0833. The third-order valence-corrected chi connectivity index (χ3v) is 3.45. The van der Waals surface area contributed by atoms with Gasteiger partial charge in [0.25, 0.3) is 5.56 Å². The summed E-state index contributed by atoms with van der Waals surface area (Å²) in [7, 11) is 1.78. The number of aromatic amines is 1. The quantitative estimate of drug-likeness (QED) is 0.840. The average Bonchev–Trinajstić information content (AvgIpc) is 2.41. The molecule has 0 aliphatic carbocycles. The Hall–Kier alpha value is -1.88. The Bertz CT molecular complexity index is 674. The van der Waals surface area contributed by atoms with Crippen LogP contribution in [-0.4, -0.2) is 17.0 Å². The molecule has 6 heteroatoms. The van der Waals surface area contributed by atoms with E-state index in [0.717, 1.165) is 5.69 Å². The van der Waals surface area contributed by atoms with E-state index in [9.17, 15) is 4.79 Å². The zero-order chi connectivity index (χ0) is 13.1. The Balaban J connectivity index is 2.55. The minimum absolute atomic E-state index is 0.193. The van der Waals surface area contributed by atoms with Crippen molar-refractivity contribution in [2.45, 2.75) is 0 Å². The van der Waals surface area contributed by atoms with E-state index in [1.165, 1.54) is 6.33 Å². The number of para-hydroxylation sites is 1. The van der Waals surface area contributed by atoms with Crippen LogP contribution in [0.4, 0.5) is 11.5 Å². The highest BCUT2D eigenvalue weighted by molar-refractivity contribution is 14.1. The molecule has 0 spiro atoms. The van der Waals surface area contributed by atoms with Gasteiger partial charge in [-0.3, -0.25) is 4.79 Å². The maximum atomic E-state index is 11.5. The Kier molecular flexibility index (Phi) is 3.62. The van der Waals surface area contributed by atoms with Gasteiger partial charge in [0, 0.05) is 7.05 Å². The Morgan fingerprint density at radius 3 is 2.89 bits per heavy atom. The number of benzene rings is 1. The van der Waals surface area contributed by atoms with Crippen molar-refractivity contribution in [3.63, 3.8) is 0 Å². The van der Waals surface area contributed by atoms with Gasteiger partial charge in [0.1, 0.15) is 9.64 Å². The Morgan fingerprint density at radius 1 is 1.44 bits per heavy atom. The molecular formula is C12H9IN4O. The smallest absolute Gasteiger partial charge is 0.266 e. The SMILES string of the molecule is CN(c1ccccc1C#N)c1nc[nH]c(=O)c1I. The molecule has 0 aliphatic heterocycles. The van der Waals surface area contributed by atoms with E-state index in [-0.39, 0.29) is 5.56 Å².